The Bertz CT molecular complexity index is 928. The van der Waals surface area contributed by atoms with E-state index in [0.717, 1.165) is 21.4 Å². The third-order valence-electron chi connectivity index (χ3n) is 3.62. The first kappa shape index (κ1) is 16.1. The van der Waals surface area contributed by atoms with Crippen LogP contribution in [0.25, 0.3) is 10.9 Å². The standard InChI is InChI=1S/C18H15NO4S/c1-10-3-8-13-14(9-10)19-15(17(20)21)16(13)24-12-6-4-11(5-7-12)18(22)23-2/h3-9,19H,1-2H3,(H,20,21). The van der Waals surface area contributed by atoms with E-state index in [1.807, 2.05) is 25.1 Å². The average molecular weight is 341 g/mol. The molecule has 2 N–H and O–H groups in total. The lowest BCUT2D eigenvalue weighted by molar-refractivity contribution is 0.0599. The summed E-state index contributed by atoms with van der Waals surface area (Å²) in [5.74, 6) is -1.40. The highest BCUT2D eigenvalue weighted by molar-refractivity contribution is 7.99. The molecule has 3 aromatic rings. The fraction of sp³-hybridized carbons (Fsp3) is 0.111. The van der Waals surface area contributed by atoms with Gasteiger partial charge in [0.2, 0.25) is 0 Å². The molecule has 6 heteroatoms. The van der Waals surface area contributed by atoms with Gasteiger partial charge in [-0.15, -0.1) is 0 Å². The van der Waals surface area contributed by atoms with Crippen LogP contribution < -0.4 is 0 Å². The number of aryl methyl sites for hydroxylation is 1. The highest BCUT2D eigenvalue weighted by Crippen LogP contribution is 2.37. The number of esters is 1. The number of aromatic nitrogens is 1. The number of fused-ring (bicyclic) bond motifs is 1. The van der Waals surface area contributed by atoms with Gasteiger partial charge in [-0.3, -0.25) is 0 Å². The number of carbonyl (C=O) groups is 2. The van der Waals surface area contributed by atoms with E-state index in [0.29, 0.717) is 10.5 Å². The van der Waals surface area contributed by atoms with Crippen molar-refractivity contribution in [3.8, 4) is 0 Å². The van der Waals surface area contributed by atoms with Crippen LogP contribution in [0.15, 0.2) is 52.3 Å². The zero-order chi connectivity index (χ0) is 17.3. The van der Waals surface area contributed by atoms with Crippen LogP contribution in [0.1, 0.15) is 26.4 Å². The molecule has 0 radical (unpaired) electrons. The normalized spacial score (nSPS) is 10.8. The van der Waals surface area contributed by atoms with E-state index < -0.39 is 11.9 Å². The summed E-state index contributed by atoms with van der Waals surface area (Å²) in [4.78, 5) is 27.5. The summed E-state index contributed by atoms with van der Waals surface area (Å²) >= 11 is 1.35. The predicted molar refractivity (Wildman–Crippen MR) is 91.9 cm³/mol. The SMILES string of the molecule is COC(=O)c1ccc(Sc2c(C(=O)O)[nH]c3cc(C)ccc23)cc1. The third kappa shape index (κ3) is 3.00. The second kappa shape index (κ2) is 6.41. The van der Waals surface area contributed by atoms with Crippen molar-refractivity contribution in [3.05, 3.63) is 59.3 Å². The summed E-state index contributed by atoms with van der Waals surface area (Å²) in [5, 5.41) is 10.3. The number of nitrogens with one attached hydrogen (secondary N) is 1. The molecule has 3 rings (SSSR count). The number of aromatic amines is 1. The van der Waals surface area contributed by atoms with E-state index in [1.165, 1.54) is 18.9 Å². The third-order valence-corrected chi connectivity index (χ3v) is 4.75. The highest BCUT2D eigenvalue weighted by atomic mass is 32.2. The lowest BCUT2D eigenvalue weighted by Crippen LogP contribution is -2.00. The zero-order valence-electron chi connectivity index (χ0n) is 13.1. The largest absolute Gasteiger partial charge is 0.477 e. The molecule has 0 aliphatic rings. The molecule has 0 fully saturated rings. The Kier molecular flexibility index (Phi) is 4.31. The number of carboxylic acids is 1. The van der Waals surface area contributed by atoms with Crippen LogP contribution >= 0.6 is 11.8 Å². The molecule has 24 heavy (non-hydrogen) atoms. The van der Waals surface area contributed by atoms with Gasteiger partial charge in [0, 0.05) is 15.8 Å². The first-order valence-corrected chi connectivity index (χ1v) is 8.03. The van der Waals surface area contributed by atoms with Crippen LogP contribution in [0, 0.1) is 6.92 Å². The summed E-state index contributed by atoms with van der Waals surface area (Å²) < 4.78 is 4.67. The average Bonchev–Trinajstić information content (AvgIpc) is 2.92. The number of carboxylic acid groups (broad SMARTS) is 1. The van der Waals surface area contributed by atoms with Crippen LogP contribution in [0.3, 0.4) is 0 Å². The lowest BCUT2D eigenvalue weighted by atomic mass is 10.2. The van der Waals surface area contributed by atoms with Crippen molar-refractivity contribution in [2.45, 2.75) is 16.7 Å². The molecule has 0 saturated heterocycles. The molecule has 0 unspecified atom stereocenters. The monoisotopic (exact) mass is 341 g/mol. The number of ether oxygens (including phenoxy) is 1. The topological polar surface area (TPSA) is 79.4 Å². The number of benzene rings is 2. The number of rotatable bonds is 4. The Morgan fingerprint density at radius 2 is 1.83 bits per heavy atom. The van der Waals surface area contributed by atoms with Crippen molar-refractivity contribution in [3.63, 3.8) is 0 Å². The van der Waals surface area contributed by atoms with Crippen molar-refractivity contribution in [2.24, 2.45) is 0 Å². The molecular formula is C18H15NO4S. The van der Waals surface area contributed by atoms with E-state index in [1.54, 1.807) is 24.3 Å². The van der Waals surface area contributed by atoms with Gasteiger partial charge in [-0.2, -0.15) is 0 Å². The van der Waals surface area contributed by atoms with Crippen molar-refractivity contribution in [1.29, 1.82) is 0 Å². The smallest absolute Gasteiger partial charge is 0.353 e. The minimum Gasteiger partial charge on any atom is -0.477 e. The lowest BCUT2D eigenvalue weighted by Gasteiger charge is -2.04. The van der Waals surface area contributed by atoms with Crippen LogP contribution in [0.4, 0.5) is 0 Å². The number of hydrogen-bond donors (Lipinski definition) is 2. The molecule has 5 nitrogen and oxygen atoms in total. The summed E-state index contributed by atoms with van der Waals surface area (Å²) in [6, 6.07) is 12.7. The first-order chi connectivity index (χ1) is 11.5. The van der Waals surface area contributed by atoms with Crippen molar-refractivity contribution in [2.75, 3.05) is 7.11 Å². The molecule has 0 saturated carbocycles. The van der Waals surface area contributed by atoms with Crippen molar-refractivity contribution < 1.29 is 19.4 Å². The summed E-state index contributed by atoms with van der Waals surface area (Å²) in [6.07, 6.45) is 0. The minimum absolute atomic E-state index is 0.164. The highest BCUT2D eigenvalue weighted by Gasteiger charge is 2.18. The van der Waals surface area contributed by atoms with Gasteiger partial charge >= 0.3 is 11.9 Å². The van der Waals surface area contributed by atoms with Crippen LogP contribution in [-0.4, -0.2) is 29.1 Å². The number of aromatic carboxylic acids is 1. The maximum absolute atomic E-state index is 11.5. The van der Waals surface area contributed by atoms with Crippen LogP contribution in [-0.2, 0) is 4.74 Å². The Hall–Kier alpha value is -2.73. The summed E-state index contributed by atoms with van der Waals surface area (Å²) in [5.41, 5.74) is 2.47. The minimum atomic E-state index is -1.00. The van der Waals surface area contributed by atoms with Gasteiger partial charge in [-0.05, 0) is 42.8 Å². The summed E-state index contributed by atoms with van der Waals surface area (Å²) in [7, 11) is 1.33. The molecule has 1 heterocycles. The molecule has 0 spiro atoms. The number of H-pyrrole nitrogens is 1. The molecule has 0 aliphatic carbocycles. The van der Waals surface area contributed by atoms with Crippen molar-refractivity contribution in [1.82, 2.24) is 4.98 Å². The Labute approximate surface area is 142 Å². The molecule has 122 valence electrons. The van der Waals surface area contributed by atoms with Gasteiger partial charge < -0.3 is 14.8 Å². The number of methoxy groups -OCH3 is 1. The second-order valence-electron chi connectivity index (χ2n) is 5.30. The fourth-order valence-corrected chi connectivity index (χ4v) is 3.47. The first-order valence-electron chi connectivity index (χ1n) is 7.21. The van der Waals surface area contributed by atoms with E-state index in [-0.39, 0.29) is 5.69 Å². The van der Waals surface area contributed by atoms with E-state index >= 15 is 0 Å². The molecule has 0 aliphatic heterocycles. The van der Waals surface area contributed by atoms with E-state index in [9.17, 15) is 14.7 Å². The number of hydrogen-bond acceptors (Lipinski definition) is 4. The second-order valence-corrected chi connectivity index (χ2v) is 6.39. The van der Waals surface area contributed by atoms with Gasteiger partial charge in [-0.1, -0.05) is 23.9 Å². The Balaban J connectivity index is 2.01. The van der Waals surface area contributed by atoms with Crippen molar-refractivity contribution >= 4 is 34.6 Å². The molecule has 0 amide bonds. The van der Waals surface area contributed by atoms with Crippen LogP contribution in [0.5, 0.6) is 0 Å². The Morgan fingerprint density at radius 1 is 1.12 bits per heavy atom. The molecule has 1 aromatic heterocycles. The number of carbonyl (C=O) groups excluding carboxylic acids is 1. The van der Waals surface area contributed by atoms with Gasteiger partial charge in [0.1, 0.15) is 5.69 Å². The van der Waals surface area contributed by atoms with Crippen LogP contribution in [0.2, 0.25) is 0 Å². The quantitative estimate of drug-likeness (QED) is 0.698. The van der Waals surface area contributed by atoms with E-state index in [4.69, 9.17) is 0 Å². The Morgan fingerprint density at radius 3 is 2.46 bits per heavy atom. The molecule has 2 aromatic carbocycles. The summed E-state index contributed by atoms with van der Waals surface area (Å²) in [6.45, 7) is 1.96. The van der Waals surface area contributed by atoms with Gasteiger partial charge in [0.05, 0.1) is 17.6 Å². The van der Waals surface area contributed by atoms with Gasteiger partial charge in [0.25, 0.3) is 0 Å². The van der Waals surface area contributed by atoms with Gasteiger partial charge in [0.15, 0.2) is 0 Å². The van der Waals surface area contributed by atoms with E-state index in [2.05, 4.69) is 9.72 Å². The molecular weight excluding hydrogens is 326 g/mol. The molecule has 0 atom stereocenters. The fourth-order valence-electron chi connectivity index (χ4n) is 2.44. The molecule has 0 bridgehead atoms. The zero-order valence-corrected chi connectivity index (χ0v) is 13.9. The maximum Gasteiger partial charge on any atom is 0.353 e. The van der Waals surface area contributed by atoms with Gasteiger partial charge in [-0.25, -0.2) is 9.59 Å². The maximum atomic E-state index is 11.5. The predicted octanol–water partition coefficient (Wildman–Crippen LogP) is 4.11.